The van der Waals surface area contributed by atoms with E-state index in [9.17, 15) is 4.79 Å². The molecule has 2 heterocycles. The van der Waals surface area contributed by atoms with Gasteiger partial charge in [0.25, 0.3) is 5.91 Å². The van der Waals surface area contributed by atoms with E-state index in [1.807, 2.05) is 7.05 Å². The molecule has 1 aromatic carbocycles. The van der Waals surface area contributed by atoms with Crippen LogP contribution in [0.15, 0.2) is 12.1 Å². The van der Waals surface area contributed by atoms with Crippen molar-refractivity contribution >= 4 is 24.0 Å². The average molecular weight is 269 g/mol. The molecule has 0 aromatic heterocycles. The van der Waals surface area contributed by atoms with Gasteiger partial charge in [-0.25, -0.2) is 0 Å². The molecule has 18 heavy (non-hydrogen) atoms. The number of amides is 1. The van der Waals surface area contributed by atoms with Gasteiger partial charge < -0.3 is 15.0 Å². The smallest absolute Gasteiger partial charge is 0.264 e. The Bertz CT molecular complexity index is 476. The van der Waals surface area contributed by atoms with Gasteiger partial charge in [0, 0.05) is 7.05 Å². The highest BCUT2D eigenvalue weighted by molar-refractivity contribution is 5.97. The summed E-state index contributed by atoms with van der Waals surface area (Å²) >= 11 is 0. The van der Waals surface area contributed by atoms with E-state index < -0.39 is 0 Å². The maximum Gasteiger partial charge on any atom is 0.264 e. The number of halogens is 1. The average Bonchev–Trinajstić information content (AvgIpc) is 2.57. The molecule has 0 unspecified atom stereocenters. The minimum absolute atomic E-state index is 0. The van der Waals surface area contributed by atoms with E-state index in [0.717, 1.165) is 37.4 Å². The highest BCUT2D eigenvalue weighted by atomic mass is 35.5. The molecule has 2 aliphatic heterocycles. The second-order valence-electron chi connectivity index (χ2n) is 4.58. The summed E-state index contributed by atoms with van der Waals surface area (Å²) in [6, 6.07) is 4.20. The number of nitrogens with zero attached hydrogens (tertiary/aromatic N) is 1. The molecule has 0 saturated carbocycles. The fourth-order valence-electron chi connectivity index (χ4n) is 2.44. The van der Waals surface area contributed by atoms with Crippen molar-refractivity contribution < 1.29 is 9.53 Å². The number of likely N-dealkylation sites (N-methyl/N-ethyl adjacent to an activating group) is 1. The summed E-state index contributed by atoms with van der Waals surface area (Å²) in [6.07, 6.45) is 2.05. The molecular formula is C13H17ClN2O2. The van der Waals surface area contributed by atoms with Crippen LogP contribution < -0.4 is 15.0 Å². The minimum atomic E-state index is 0. The summed E-state index contributed by atoms with van der Waals surface area (Å²) in [7, 11) is 1.81. The van der Waals surface area contributed by atoms with Crippen molar-refractivity contribution in [1.29, 1.82) is 0 Å². The first-order valence-electron chi connectivity index (χ1n) is 6.01. The van der Waals surface area contributed by atoms with Gasteiger partial charge in [-0.3, -0.25) is 4.79 Å². The van der Waals surface area contributed by atoms with Crippen LogP contribution in [0.1, 0.15) is 11.1 Å². The van der Waals surface area contributed by atoms with Crippen LogP contribution in [0.5, 0.6) is 5.75 Å². The van der Waals surface area contributed by atoms with Gasteiger partial charge in [0.1, 0.15) is 5.75 Å². The lowest BCUT2D eigenvalue weighted by atomic mass is 10.0. The largest absolute Gasteiger partial charge is 0.482 e. The summed E-state index contributed by atoms with van der Waals surface area (Å²) in [6.45, 7) is 2.17. The number of hydrogen-bond acceptors (Lipinski definition) is 3. The molecule has 3 rings (SSSR count). The second kappa shape index (κ2) is 5.16. The molecular weight excluding hydrogens is 252 g/mol. The molecule has 0 bridgehead atoms. The summed E-state index contributed by atoms with van der Waals surface area (Å²) in [5, 5.41) is 3.38. The van der Waals surface area contributed by atoms with E-state index in [1.165, 1.54) is 11.1 Å². The highest BCUT2D eigenvalue weighted by Crippen LogP contribution is 2.34. The van der Waals surface area contributed by atoms with Crippen molar-refractivity contribution in [2.75, 3.05) is 31.6 Å². The van der Waals surface area contributed by atoms with E-state index >= 15 is 0 Å². The number of rotatable bonds is 0. The van der Waals surface area contributed by atoms with Gasteiger partial charge in [0.05, 0.1) is 5.69 Å². The maximum absolute atomic E-state index is 11.6. The summed E-state index contributed by atoms with van der Waals surface area (Å²) in [4.78, 5) is 13.3. The van der Waals surface area contributed by atoms with Crippen molar-refractivity contribution in [3.63, 3.8) is 0 Å². The first kappa shape index (κ1) is 13.2. The van der Waals surface area contributed by atoms with Gasteiger partial charge in [-0.15, -0.1) is 12.4 Å². The van der Waals surface area contributed by atoms with Crippen molar-refractivity contribution in [3.8, 4) is 5.75 Å². The number of nitrogens with one attached hydrogen (secondary N) is 1. The van der Waals surface area contributed by atoms with Crippen LogP contribution in [0.3, 0.4) is 0 Å². The Kier molecular flexibility index (Phi) is 3.78. The van der Waals surface area contributed by atoms with Gasteiger partial charge in [0.15, 0.2) is 6.61 Å². The molecule has 0 saturated heterocycles. The molecule has 0 radical (unpaired) electrons. The molecule has 0 atom stereocenters. The van der Waals surface area contributed by atoms with Crippen LogP contribution in [0.4, 0.5) is 5.69 Å². The van der Waals surface area contributed by atoms with Gasteiger partial charge in [-0.05, 0) is 49.2 Å². The molecule has 2 aliphatic rings. The van der Waals surface area contributed by atoms with Crippen molar-refractivity contribution in [3.05, 3.63) is 23.3 Å². The van der Waals surface area contributed by atoms with E-state index in [0.29, 0.717) is 0 Å². The zero-order valence-electron chi connectivity index (χ0n) is 10.4. The predicted molar refractivity (Wildman–Crippen MR) is 72.9 cm³/mol. The zero-order valence-corrected chi connectivity index (χ0v) is 11.2. The van der Waals surface area contributed by atoms with Gasteiger partial charge >= 0.3 is 0 Å². The Morgan fingerprint density at radius 2 is 1.89 bits per heavy atom. The number of carbonyl (C=O) groups is 1. The van der Waals surface area contributed by atoms with Crippen molar-refractivity contribution in [1.82, 2.24) is 5.32 Å². The monoisotopic (exact) mass is 268 g/mol. The molecule has 1 amide bonds. The topological polar surface area (TPSA) is 41.6 Å². The SMILES string of the molecule is CN1C(=O)COc2cc3c(cc21)CCNCC3.Cl. The van der Waals surface area contributed by atoms with Gasteiger partial charge in [-0.1, -0.05) is 0 Å². The number of fused-ring (bicyclic) bond motifs is 2. The van der Waals surface area contributed by atoms with Crippen molar-refractivity contribution in [2.24, 2.45) is 0 Å². The van der Waals surface area contributed by atoms with Crippen molar-refractivity contribution in [2.45, 2.75) is 12.8 Å². The van der Waals surface area contributed by atoms with Gasteiger partial charge in [0.2, 0.25) is 0 Å². The molecule has 0 aliphatic carbocycles. The van der Waals surface area contributed by atoms with E-state index in [1.54, 1.807) is 4.90 Å². The minimum Gasteiger partial charge on any atom is -0.482 e. The fraction of sp³-hybridized carbons (Fsp3) is 0.462. The van der Waals surface area contributed by atoms with Crippen LogP contribution in [0.25, 0.3) is 0 Å². The van der Waals surface area contributed by atoms with Crippen LogP contribution in [0, 0.1) is 0 Å². The maximum atomic E-state index is 11.6. The Morgan fingerprint density at radius 1 is 1.22 bits per heavy atom. The fourth-order valence-corrected chi connectivity index (χ4v) is 2.44. The first-order chi connectivity index (χ1) is 8.25. The molecule has 1 N–H and O–H groups in total. The Morgan fingerprint density at radius 3 is 2.61 bits per heavy atom. The van der Waals surface area contributed by atoms with Crippen LogP contribution in [-0.4, -0.2) is 32.7 Å². The number of carbonyl (C=O) groups excluding carboxylic acids is 1. The molecule has 5 heteroatoms. The van der Waals surface area contributed by atoms with Crippen LogP contribution >= 0.6 is 12.4 Å². The summed E-state index contributed by atoms with van der Waals surface area (Å²) in [5.41, 5.74) is 3.58. The molecule has 1 aromatic rings. The first-order valence-corrected chi connectivity index (χ1v) is 6.01. The van der Waals surface area contributed by atoms with E-state index in [4.69, 9.17) is 4.74 Å². The number of hydrogen-bond donors (Lipinski definition) is 1. The molecule has 0 fully saturated rings. The Balaban J connectivity index is 0.00000120. The standard InChI is InChI=1S/C13H16N2O2.ClH/c1-15-11-6-9-2-4-14-5-3-10(9)7-12(11)17-8-13(15)16;/h6-7,14H,2-5,8H2,1H3;1H. The van der Waals surface area contributed by atoms with Gasteiger partial charge in [-0.2, -0.15) is 0 Å². The third-order valence-electron chi connectivity index (χ3n) is 3.51. The quantitative estimate of drug-likeness (QED) is 0.768. The lowest BCUT2D eigenvalue weighted by Gasteiger charge is -2.27. The Hall–Kier alpha value is -1.26. The van der Waals surface area contributed by atoms with Crippen LogP contribution in [0.2, 0.25) is 0 Å². The summed E-state index contributed by atoms with van der Waals surface area (Å²) in [5.74, 6) is 0.858. The molecule has 4 nitrogen and oxygen atoms in total. The Labute approximate surface area is 113 Å². The number of benzene rings is 1. The normalized spacial score (nSPS) is 18.1. The predicted octanol–water partition coefficient (Wildman–Crippen LogP) is 1.15. The van der Waals surface area contributed by atoms with E-state index in [2.05, 4.69) is 17.4 Å². The van der Waals surface area contributed by atoms with Crippen LogP contribution in [-0.2, 0) is 17.6 Å². The highest BCUT2D eigenvalue weighted by Gasteiger charge is 2.24. The number of ether oxygens (including phenoxy) is 1. The lowest BCUT2D eigenvalue weighted by Crippen LogP contribution is -2.35. The molecule has 0 spiro atoms. The zero-order chi connectivity index (χ0) is 11.8. The molecule has 98 valence electrons. The third-order valence-corrected chi connectivity index (χ3v) is 3.51. The number of anilines is 1. The third kappa shape index (κ3) is 2.18. The second-order valence-corrected chi connectivity index (χ2v) is 4.58. The van der Waals surface area contributed by atoms with E-state index in [-0.39, 0.29) is 24.9 Å². The lowest BCUT2D eigenvalue weighted by molar-refractivity contribution is -0.120. The summed E-state index contributed by atoms with van der Waals surface area (Å²) < 4.78 is 5.50.